The van der Waals surface area contributed by atoms with Gasteiger partial charge in [-0.15, -0.1) is 11.3 Å². The van der Waals surface area contributed by atoms with E-state index in [0.717, 1.165) is 11.3 Å². The lowest BCUT2D eigenvalue weighted by Gasteiger charge is -2.26. The summed E-state index contributed by atoms with van der Waals surface area (Å²) in [6.45, 7) is 2.90. The minimum absolute atomic E-state index is 0.0181. The van der Waals surface area contributed by atoms with Gasteiger partial charge in [-0.3, -0.25) is 9.52 Å². The first kappa shape index (κ1) is 22.7. The first-order chi connectivity index (χ1) is 14.2. The Balaban J connectivity index is 1.72. The molecule has 1 saturated heterocycles. The Kier molecular flexibility index (Phi) is 7.14. The van der Waals surface area contributed by atoms with Gasteiger partial charge in [0.15, 0.2) is 0 Å². The molecule has 0 radical (unpaired) electrons. The predicted molar refractivity (Wildman–Crippen MR) is 116 cm³/mol. The highest BCUT2D eigenvalue weighted by Crippen LogP contribution is 2.27. The Morgan fingerprint density at radius 1 is 1.07 bits per heavy atom. The molecule has 0 unspecified atom stereocenters. The Morgan fingerprint density at radius 2 is 1.70 bits per heavy atom. The number of hydrogen-bond donors (Lipinski definition) is 2. The van der Waals surface area contributed by atoms with Crippen molar-refractivity contribution in [3.8, 4) is 0 Å². The van der Waals surface area contributed by atoms with Crippen molar-refractivity contribution in [1.29, 1.82) is 0 Å². The Hall–Kier alpha value is -1.99. The number of benzene rings is 1. The van der Waals surface area contributed by atoms with Crippen molar-refractivity contribution in [3.05, 3.63) is 40.6 Å². The normalized spacial score (nSPS) is 15.6. The summed E-state index contributed by atoms with van der Waals surface area (Å²) in [5.41, 5.74) is 0.801. The number of nitrogens with zero attached hydrogens (tertiary/aromatic N) is 1. The van der Waals surface area contributed by atoms with Gasteiger partial charge in [-0.2, -0.15) is 4.31 Å². The zero-order valence-electron chi connectivity index (χ0n) is 16.3. The molecule has 12 heteroatoms. The number of morpholine rings is 1. The molecule has 2 heterocycles. The fourth-order valence-electron chi connectivity index (χ4n) is 2.90. The summed E-state index contributed by atoms with van der Waals surface area (Å²) in [5, 5.41) is 4.22. The van der Waals surface area contributed by atoms with Crippen LogP contribution in [0, 0.1) is 0 Å². The van der Waals surface area contributed by atoms with Gasteiger partial charge in [-0.1, -0.05) is 6.92 Å². The molecule has 0 spiro atoms. The van der Waals surface area contributed by atoms with Crippen molar-refractivity contribution in [2.24, 2.45) is 0 Å². The third-order valence-electron chi connectivity index (χ3n) is 4.31. The molecule has 0 atom stereocenters. The zero-order valence-corrected chi connectivity index (χ0v) is 18.8. The van der Waals surface area contributed by atoms with Gasteiger partial charge in [0.25, 0.3) is 5.91 Å². The van der Waals surface area contributed by atoms with Gasteiger partial charge < -0.3 is 10.1 Å². The number of thiophene rings is 1. The molecule has 1 aliphatic heterocycles. The fraction of sp³-hybridized carbons (Fsp3) is 0.389. The molecule has 1 aromatic carbocycles. The number of sulfonamides is 2. The predicted octanol–water partition coefficient (Wildman–Crippen LogP) is 2.17. The van der Waals surface area contributed by atoms with Gasteiger partial charge in [0.1, 0.15) is 9.77 Å². The minimum Gasteiger partial charge on any atom is -0.379 e. The number of carbonyl (C=O) groups is 1. The fourth-order valence-corrected chi connectivity index (χ4v) is 6.74. The first-order valence-electron chi connectivity index (χ1n) is 9.30. The summed E-state index contributed by atoms with van der Waals surface area (Å²) >= 11 is 1.04. The van der Waals surface area contributed by atoms with Crippen LogP contribution in [0.3, 0.4) is 0 Å². The van der Waals surface area contributed by atoms with Crippen LogP contribution in [0.2, 0.25) is 0 Å². The molecule has 1 fully saturated rings. The molecule has 1 aliphatic rings. The molecule has 9 nitrogen and oxygen atoms in total. The second kappa shape index (κ2) is 9.43. The number of hydrogen-bond acceptors (Lipinski definition) is 7. The summed E-state index contributed by atoms with van der Waals surface area (Å²) in [7, 11) is -7.20. The number of carbonyl (C=O) groups excluding carboxylic acids is 1. The topological polar surface area (TPSA) is 122 Å². The van der Waals surface area contributed by atoms with E-state index in [-0.39, 0.29) is 28.6 Å². The van der Waals surface area contributed by atoms with E-state index < -0.39 is 26.0 Å². The van der Waals surface area contributed by atoms with Crippen LogP contribution in [0.4, 0.5) is 11.4 Å². The highest BCUT2D eigenvalue weighted by atomic mass is 32.2. The maximum absolute atomic E-state index is 12.9. The molecule has 2 aromatic rings. The third-order valence-corrected chi connectivity index (χ3v) is 8.79. The molecular formula is C18H23N3O6S3. The van der Waals surface area contributed by atoms with Crippen LogP contribution in [0.5, 0.6) is 0 Å². The maximum Gasteiger partial charge on any atom is 0.267 e. The van der Waals surface area contributed by atoms with Gasteiger partial charge >= 0.3 is 0 Å². The largest absolute Gasteiger partial charge is 0.379 e. The van der Waals surface area contributed by atoms with Crippen molar-refractivity contribution in [1.82, 2.24) is 4.31 Å². The van der Waals surface area contributed by atoms with Crippen molar-refractivity contribution >= 4 is 48.7 Å². The molecule has 2 N–H and O–H groups in total. The Bertz CT molecular complexity index is 1090. The van der Waals surface area contributed by atoms with Gasteiger partial charge in [-0.05, 0) is 42.1 Å². The van der Waals surface area contributed by atoms with Crippen molar-refractivity contribution in [2.75, 3.05) is 42.1 Å². The highest BCUT2D eigenvalue weighted by Gasteiger charge is 2.31. The monoisotopic (exact) mass is 473 g/mol. The lowest BCUT2D eigenvalue weighted by atomic mass is 10.3. The van der Waals surface area contributed by atoms with Crippen LogP contribution >= 0.6 is 11.3 Å². The SMILES string of the molecule is CCCS(=O)(=O)Nc1ccc(NC(=O)c2sccc2S(=O)(=O)N2CCOCC2)cc1. The van der Waals surface area contributed by atoms with Crippen LogP contribution in [0.25, 0.3) is 0 Å². The Morgan fingerprint density at radius 3 is 2.33 bits per heavy atom. The lowest BCUT2D eigenvalue weighted by Crippen LogP contribution is -2.41. The van der Waals surface area contributed by atoms with E-state index in [1.54, 1.807) is 24.4 Å². The van der Waals surface area contributed by atoms with E-state index in [1.165, 1.54) is 22.5 Å². The highest BCUT2D eigenvalue weighted by molar-refractivity contribution is 7.92. The molecule has 1 amide bonds. The van der Waals surface area contributed by atoms with Crippen molar-refractivity contribution in [2.45, 2.75) is 18.2 Å². The van der Waals surface area contributed by atoms with Crippen LogP contribution in [-0.4, -0.2) is 59.1 Å². The summed E-state index contributed by atoms with van der Waals surface area (Å²) in [5.74, 6) is -0.527. The summed E-state index contributed by atoms with van der Waals surface area (Å²) < 4.78 is 58.4. The molecule has 1 aromatic heterocycles. The maximum atomic E-state index is 12.9. The number of amides is 1. The zero-order chi connectivity index (χ0) is 21.8. The van der Waals surface area contributed by atoms with Crippen molar-refractivity contribution in [3.63, 3.8) is 0 Å². The standard InChI is InChI=1S/C18H23N3O6S3/c1-2-13-29(23,24)20-15-5-3-14(4-6-15)19-18(22)17-16(7-12-28-17)30(25,26)21-8-10-27-11-9-21/h3-7,12,20H,2,8-11,13H2,1H3,(H,19,22). The Labute approximate surface area is 180 Å². The summed E-state index contributed by atoms with van der Waals surface area (Å²) in [4.78, 5) is 12.8. The number of ether oxygens (including phenoxy) is 1. The third kappa shape index (κ3) is 5.38. The number of rotatable bonds is 8. The molecule has 30 heavy (non-hydrogen) atoms. The summed E-state index contributed by atoms with van der Waals surface area (Å²) in [6, 6.07) is 7.58. The van der Waals surface area contributed by atoms with Crippen LogP contribution in [0.1, 0.15) is 23.0 Å². The average molecular weight is 474 g/mol. The first-order valence-corrected chi connectivity index (χ1v) is 13.3. The van der Waals surface area contributed by atoms with Crippen molar-refractivity contribution < 1.29 is 26.4 Å². The van der Waals surface area contributed by atoms with E-state index in [1.807, 2.05) is 0 Å². The minimum atomic E-state index is -3.79. The summed E-state index contributed by atoms with van der Waals surface area (Å²) in [6.07, 6.45) is 0.500. The molecule has 3 rings (SSSR count). The van der Waals surface area contributed by atoms with E-state index in [2.05, 4.69) is 10.0 Å². The van der Waals surface area contributed by atoms with E-state index >= 15 is 0 Å². The molecule has 0 aliphatic carbocycles. The molecule has 164 valence electrons. The van der Waals surface area contributed by atoms with E-state index in [9.17, 15) is 21.6 Å². The van der Waals surface area contributed by atoms with Crippen LogP contribution < -0.4 is 10.0 Å². The van der Waals surface area contributed by atoms with Crippen LogP contribution in [0.15, 0.2) is 40.6 Å². The van der Waals surface area contributed by atoms with E-state index in [0.29, 0.717) is 31.0 Å². The number of nitrogens with one attached hydrogen (secondary N) is 2. The number of anilines is 2. The lowest BCUT2D eigenvalue weighted by molar-refractivity contribution is 0.0730. The average Bonchev–Trinajstić information content (AvgIpc) is 3.21. The van der Waals surface area contributed by atoms with Gasteiger partial charge in [0.2, 0.25) is 20.0 Å². The molecule has 0 saturated carbocycles. The smallest absolute Gasteiger partial charge is 0.267 e. The second-order valence-corrected chi connectivity index (χ2v) is 11.2. The second-order valence-electron chi connectivity index (χ2n) is 6.58. The molecule has 0 bridgehead atoms. The van der Waals surface area contributed by atoms with Gasteiger partial charge in [-0.25, -0.2) is 16.8 Å². The van der Waals surface area contributed by atoms with Crippen LogP contribution in [-0.2, 0) is 24.8 Å². The molecular weight excluding hydrogens is 450 g/mol. The van der Waals surface area contributed by atoms with Gasteiger partial charge in [0, 0.05) is 24.5 Å². The quantitative estimate of drug-likeness (QED) is 0.606. The van der Waals surface area contributed by atoms with Gasteiger partial charge in [0.05, 0.1) is 19.0 Å². The van der Waals surface area contributed by atoms with E-state index in [4.69, 9.17) is 4.74 Å².